The van der Waals surface area contributed by atoms with Crippen molar-refractivity contribution in [2.24, 2.45) is 0 Å². The van der Waals surface area contributed by atoms with Gasteiger partial charge in [-0.05, 0) is 23.8 Å². The molecule has 1 aromatic carbocycles. The zero-order chi connectivity index (χ0) is 11.7. The van der Waals surface area contributed by atoms with Gasteiger partial charge in [-0.3, -0.25) is 0 Å². The van der Waals surface area contributed by atoms with Crippen molar-refractivity contribution in [2.75, 3.05) is 11.4 Å². The molecule has 0 radical (unpaired) electrons. The summed E-state index contributed by atoms with van der Waals surface area (Å²) in [5.41, 5.74) is 1.06. The minimum Gasteiger partial charge on any atom is -0.355 e. The van der Waals surface area contributed by atoms with Crippen molar-refractivity contribution in [1.29, 1.82) is 0 Å². The predicted molar refractivity (Wildman–Crippen MR) is 53.3 cm³/mol. The molecule has 0 amide bonds. The van der Waals surface area contributed by atoms with Crippen molar-refractivity contribution in [2.45, 2.75) is 18.9 Å². The molecule has 0 saturated heterocycles. The molecule has 0 saturated carbocycles. The smallest absolute Gasteiger partial charge is 0.258 e. The van der Waals surface area contributed by atoms with Crippen LogP contribution in [0.2, 0.25) is 0 Å². The highest BCUT2D eigenvalue weighted by molar-refractivity contribution is 5.67. The highest BCUT2D eigenvalue weighted by Crippen LogP contribution is 2.34. The lowest BCUT2D eigenvalue weighted by Crippen LogP contribution is -2.38. The Kier molecular flexibility index (Phi) is 2.85. The Labute approximate surface area is 90.7 Å². The number of hydrogen-bond acceptors (Lipinski definition) is 2. The number of alkyl halides is 2. The van der Waals surface area contributed by atoms with Gasteiger partial charge in [0.1, 0.15) is 12.1 Å². The molecule has 1 aliphatic heterocycles. The largest absolute Gasteiger partial charge is 0.355 e. The van der Waals surface area contributed by atoms with E-state index in [1.807, 2.05) is 0 Å². The van der Waals surface area contributed by atoms with Gasteiger partial charge in [-0.2, -0.15) is 0 Å². The van der Waals surface area contributed by atoms with Crippen LogP contribution < -0.4 is 4.90 Å². The van der Waals surface area contributed by atoms with Crippen molar-refractivity contribution < 1.29 is 18.0 Å². The average molecular weight is 229 g/mol. The first-order chi connectivity index (χ1) is 7.63. The van der Waals surface area contributed by atoms with E-state index in [1.165, 1.54) is 23.1 Å². The molecule has 1 aromatic rings. The Hall–Kier alpha value is -1.52. The van der Waals surface area contributed by atoms with Gasteiger partial charge in [0.05, 0.1) is 12.6 Å². The number of anilines is 1. The van der Waals surface area contributed by atoms with Crippen LogP contribution >= 0.6 is 0 Å². The molecule has 0 fully saturated rings. The standard InChI is InChI=1S/C11H10F3NO/c12-8-1-2-9-7(5-8)6-10(11(13)14)15(9)3-4-16/h1-2,4-5,10-11H,3,6H2/t10-/m1/s1. The van der Waals surface area contributed by atoms with E-state index in [1.54, 1.807) is 0 Å². The van der Waals surface area contributed by atoms with Gasteiger partial charge >= 0.3 is 0 Å². The predicted octanol–water partition coefficient (Wildman–Crippen LogP) is 2.02. The van der Waals surface area contributed by atoms with Crippen molar-refractivity contribution in [3.8, 4) is 0 Å². The number of halogens is 3. The summed E-state index contributed by atoms with van der Waals surface area (Å²) in [6.45, 7) is -0.0896. The molecule has 1 heterocycles. The molecule has 0 aliphatic carbocycles. The molecule has 0 unspecified atom stereocenters. The van der Waals surface area contributed by atoms with Gasteiger partial charge in [0.25, 0.3) is 6.43 Å². The third kappa shape index (κ3) is 1.77. The van der Waals surface area contributed by atoms with E-state index >= 15 is 0 Å². The number of rotatable bonds is 3. The molecule has 1 atom stereocenters. The highest BCUT2D eigenvalue weighted by Gasteiger charge is 2.35. The van der Waals surface area contributed by atoms with Crippen LogP contribution in [0, 0.1) is 5.82 Å². The summed E-state index contributed by atoms with van der Waals surface area (Å²) in [6.07, 6.45) is -1.89. The second-order valence-corrected chi connectivity index (χ2v) is 3.70. The Morgan fingerprint density at radius 1 is 1.50 bits per heavy atom. The van der Waals surface area contributed by atoms with Gasteiger partial charge in [-0.1, -0.05) is 0 Å². The van der Waals surface area contributed by atoms with Gasteiger partial charge < -0.3 is 9.69 Å². The molecule has 0 bridgehead atoms. The second kappa shape index (κ2) is 4.15. The third-order valence-electron chi connectivity index (χ3n) is 2.74. The highest BCUT2D eigenvalue weighted by atomic mass is 19.3. The lowest BCUT2D eigenvalue weighted by Gasteiger charge is -2.24. The first kappa shape index (κ1) is 11.0. The molecule has 0 aromatic heterocycles. The number of carbonyl (C=O) groups is 1. The van der Waals surface area contributed by atoms with Crippen molar-refractivity contribution in [3.63, 3.8) is 0 Å². The SMILES string of the molecule is O=CCN1c2ccc(F)cc2C[C@@H]1C(F)F. The topological polar surface area (TPSA) is 20.3 Å². The summed E-state index contributed by atoms with van der Waals surface area (Å²) in [5, 5.41) is 0. The van der Waals surface area contributed by atoms with Gasteiger partial charge in [0.15, 0.2) is 0 Å². The number of nitrogens with zero attached hydrogens (tertiary/aromatic N) is 1. The van der Waals surface area contributed by atoms with Crippen LogP contribution in [0.4, 0.5) is 18.9 Å². The first-order valence-electron chi connectivity index (χ1n) is 4.90. The maximum absolute atomic E-state index is 12.9. The van der Waals surface area contributed by atoms with Crippen LogP contribution in [0.25, 0.3) is 0 Å². The van der Waals surface area contributed by atoms with E-state index in [4.69, 9.17) is 0 Å². The first-order valence-corrected chi connectivity index (χ1v) is 4.90. The fourth-order valence-corrected chi connectivity index (χ4v) is 2.05. The van der Waals surface area contributed by atoms with E-state index < -0.39 is 18.3 Å². The molecule has 86 valence electrons. The summed E-state index contributed by atoms with van der Waals surface area (Å²) in [7, 11) is 0. The summed E-state index contributed by atoms with van der Waals surface area (Å²) in [6, 6.07) is 2.87. The molecule has 0 spiro atoms. The van der Waals surface area contributed by atoms with Crippen LogP contribution in [-0.2, 0) is 11.2 Å². The van der Waals surface area contributed by atoms with Crippen molar-refractivity contribution in [1.82, 2.24) is 0 Å². The van der Waals surface area contributed by atoms with Gasteiger partial charge in [0.2, 0.25) is 0 Å². The van der Waals surface area contributed by atoms with E-state index in [2.05, 4.69) is 0 Å². The van der Waals surface area contributed by atoms with Crippen LogP contribution in [-0.4, -0.2) is 25.3 Å². The number of carbonyl (C=O) groups excluding carboxylic acids is 1. The minimum atomic E-state index is -2.55. The fourth-order valence-electron chi connectivity index (χ4n) is 2.05. The summed E-state index contributed by atoms with van der Waals surface area (Å²) in [4.78, 5) is 11.8. The number of hydrogen-bond donors (Lipinski definition) is 0. The Bertz CT molecular complexity index is 408. The zero-order valence-corrected chi connectivity index (χ0v) is 8.37. The van der Waals surface area contributed by atoms with E-state index in [0.29, 0.717) is 17.5 Å². The maximum Gasteiger partial charge on any atom is 0.258 e. The van der Waals surface area contributed by atoms with Crippen molar-refractivity contribution in [3.05, 3.63) is 29.6 Å². The quantitative estimate of drug-likeness (QED) is 0.739. The molecule has 16 heavy (non-hydrogen) atoms. The second-order valence-electron chi connectivity index (χ2n) is 3.70. The average Bonchev–Trinajstić information content (AvgIpc) is 2.57. The molecular weight excluding hydrogens is 219 g/mol. The molecule has 2 rings (SSSR count). The molecule has 0 N–H and O–H groups in total. The van der Waals surface area contributed by atoms with E-state index in [-0.39, 0.29) is 13.0 Å². The Morgan fingerprint density at radius 2 is 2.25 bits per heavy atom. The maximum atomic E-state index is 12.9. The Morgan fingerprint density at radius 3 is 2.88 bits per heavy atom. The fraction of sp³-hybridized carbons (Fsp3) is 0.364. The Balaban J connectivity index is 2.36. The monoisotopic (exact) mass is 229 g/mol. The summed E-state index contributed by atoms with van der Waals surface area (Å²) < 4.78 is 38.4. The van der Waals surface area contributed by atoms with Crippen molar-refractivity contribution >= 4 is 12.0 Å². The number of fused-ring (bicyclic) bond motifs is 1. The van der Waals surface area contributed by atoms with Crippen LogP contribution in [0.1, 0.15) is 5.56 Å². The zero-order valence-electron chi connectivity index (χ0n) is 8.37. The van der Waals surface area contributed by atoms with E-state index in [9.17, 15) is 18.0 Å². The normalized spacial score (nSPS) is 19.0. The van der Waals surface area contributed by atoms with Gasteiger partial charge in [0, 0.05) is 12.1 Å². The molecule has 5 heteroatoms. The number of aldehydes is 1. The van der Waals surface area contributed by atoms with Gasteiger partial charge in [-0.25, -0.2) is 13.2 Å². The lowest BCUT2D eigenvalue weighted by atomic mass is 10.1. The van der Waals surface area contributed by atoms with Gasteiger partial charge in [-0.15, -0.1) is 0 Å². The number of benzene rings is 1. The molecular formula is C11H10F3NO. The van der Waals surface area contributed by atoms with E-state index in [0.717, 1.165) is 0 Å². The minimum absolute atomic E-state index is 0.0819. The third-order valence-corrected chi connectivity index (χ3v) is 2.74. The van der Waals surface area contributed by atoms with Crippen LogP contribution in [0.3, 0.4) is 0 Å². The molecule has 2 nitrogen and oxygen atoms in total. The summed E-state index contributed by atoms with van der Waals surface area (Å²) >= 11 is 0. The lowest BCUT2D eigenvalue weighted by molar-refractivity contribution is -0.106. The van der Waals surface area contributed by atoms with Crippen LogP contribution in [0.5, 0.6) is 0 Å². The van der Waals surface area contributed by atoms with Crippen LogP contribution in [0.15, 0.2) is 18.2 Å². The summed E-state index contributed by atoms with van der Waals surface area (Å²) in [5.74, 6) is -0.445. The molecule has 1 aliphatic rings.